The van der Waals surface area contributed by atoms with Gasteiger partial charge in [0.25, 0.3) is 0 Å². The molecule has 4 nitrogen and oxygen atoms in total. The molecule has 1 aliphatic carbocycles. The van der Waals surface area contributed by atoms with Crippen molar-refractivity contribution >= 4 is 29.9 Å². The van der Waals surface area contributed by atoms with E-state index in [1.165, 1.54) is 12.1 Å². The van der Waals surface area contributed by atoms with Gasteiger partial charge in [-0.15, -0.1) is 24.0 Å². The van der Waals surface area contributed by atoms with Crippen LogP contribution in [-0.2, 0) is 0 Å². The third kappa shape index (κ3) is 6.33. The maximum atomic E-state index is 13.0. The minimum Gasteiger partial charge on any atom is -0.492 e. The Balaban J connectivity index is 0.00000220. The molecular weight excluding hydrogens is 384 g/mol. The second-order valence-electron chi connectivity index (χ2n) is 4.59. The predicted octanol–water partition coefficient (Wildman–Crippen LogP) is 2.71. The lowest BCUT2D eigenvalue weighted by atomic mass is 10.2. The monoisotopic (exact) mass is 405 g/mol. The average molecular weight is 405 g/mol. The maximum Gasteiger partial charge on any atom is 0.191 e. The number of guanidine groups is 1. The first kappa shape index (κ1) is 17.7. The van der Waals surface area contributed by atoms with Crippen LogP contribution in [0.3, 0.4) is 0 Å². The van der Waals surface area contributed by atoms with Crippen molar-refractivity contribution < 1.29 is 9.13 Å². The van der Waals surface area contributed by atoms with Gasteiger partial charge in [-0.05, 0) is 25.0 Å². The number of hydrogen-bond donors (Lipinski definition) is 2. The molecule has 2 N–H and O–H groups in total. The number of aliphatic imine (C=N–C) groups is 1. The summed E-state index contributed by atoms with van der Waals surface area (Å²) in [6.45, 7) is 1.06. The molecule has 21 heavy (non-hydrogen) atoms. The zero-order valence-corrected chi connectivity index (χ0v) is 14.3. The van der Waals surface area contributed by atoms with E-state index in [4.69, 9.17) is 4.74 Å². The topological polar surface area (TPSA) is 45.7 Å². The first-order valence-electron chi connectivity index (χ1n) is 6.78. The fraction of sp³-hybridized carbons (Fsp3) is 0.400. The molecule has 116 valence electrons. The molecule has 0 amide bonds. The van der Waals surface area contributed by atoms with Crippen LogP contribution in [0.1, 0.15) is 12.8 Å². The van der Waals surface area contributed by atoms with Crippen LogP contribution in [0.15, 0.2) is 41.4 Å². The van der Waals surface area contributed by atoms with Crippen LogP contribution in [0.25, 0.3) is 0 Å². The summed E-state index contributed by atoms with van der Waals surface area (Å²) in [7, 11) is 1.74. The van der Waals surface area contributed by atoms with Gasteiger partial charge in [-0.2, -0.15) is 0 Å². The van der Waals surface area contributed by atoms with Crippen molar-refractivity contribution in [1.29, 1.82) is 0 Å². The Morgan fingerprint density at radius 3 is 2.81 bits per heavy atom. The van der Waals surface area contributed by atoms with E-state index in [1.807, 2.05) is 0 Å². The van der Waals surface area contributed by atoms with Crippen LogP contribution in [0.2, 0.25) is 0 Å². The quantitative estimate of drug-likeness (QED) is 0.260. The third-order valence-electron chi connectivity index (χ3n) is 3.03. The van der Waals surface area contributed by atoms with Crippen molar-refractivity contribution in [3.63, 3.8) is 0 Å². The Bertz CT molecular complexity index is 486. The lowest BCUT2D eigenvalue weighted by Crippen LogP contribution is -2.43. The summed E-state index contributed by atoms with van der Waals surface area (Å²) in [4.78, 5) is 4.16. The second kappa shape index (κ2) is 9.59. The maximum absolute atomic E-state index is 13.0. The second-order valence-corrected chi connectivity index (χ2v) is 4.59. The number of nitrogens with zero attached hydrogens (tertiary/aromatic N) is 1. The zero-order valence-electron chi connectivity index (χ0n) is 12.0. The van der Waals surface area contributed by atoms with Crippen molar-refractivity contribution in [2.75, 3.05) is 20.2 Å². The Morgan fingerprint density at radius 2 is 2.14 bits per heavy atom. The number of hydrogen-bond acceptors (Lipinski definition) is 2. The van der Waals surface area contributed by atoms with Crippen molar-refractivity contribution in [3.05, 3.63) is 42.2 Å². The molecule has 0 aromatic heterocycles. The molecule has 0 unspecified atom stereocenters. The van der Waals surface area contributed by atoms with Crippen LogP contribution < -0.4 is 15.4 Å². The highest BCUT2D eigenvalue weighted by atomic mass is 127. The van der Waals surface area contributed by atoms with Crippen LogP contribution in [0.4, 0.5) is 4.39 Å². The molecule has 1 aromatic rings. The Morgan fingerprint density at radius 1 is 1.38 bits per heavy atom. The molecule has 0 fully saturated rings. The summed E-state index contributed by atoms with van der Waals surface area (Å²) in [5.74, 6) is 1.01. The van der Waals surface area contributed by atoms with Crippen molar-refractivity contribution in [2.45, 2.75) is 18.9 Å². The molecule has 0 saturated carbocycles. The molecule has 0 atom stereocenters. The largest absolute Gasteiger partial charge is 0.492 e. The Hall–Kier alpha value is -1.31. The summed E-state index contributed by atoms with van der Waals surface area (Å²) >= 11 is 0. The van der Waals surface area contributed by atoms with Gasteiger partial charge in [-0.3, -0.25) is 4.99 Å². The van der Waals surface area contributed by atoms with E-state index in [9.17, 15) is 4.39 Å². The first-order chi connectivity index (χ1) is 9.78. The van der Waals surface area contributed by atoms with E-state index in [0.29, 0.717) is 24.9 Å². The lowest BCUT2D eigenvalue weighted by molar-refractivity contribution is 0.320. The standard InChI is InChI=1S/C15H20FN3O.HI/c1-17-15(19-13-6-2-3-7-13)18-9-10-20-14-8-4-5-12(16)11-14;/h2-5,8,11,13H,6-7,9-10H2,1H3,(H2,17,18,19);1H. The van der Waals surface area contributed by atoms with Gasteiger partial charge in [0.1, 0.15) is 18.2 Å². The van der Waals surface area contributed by atoms with E-state index >= 15 is 0 Å². The van der Waals surface area contributed by atoms with Gasteiger partial charge >= 0.3 is 0 Å². The predicted molar refractivity (Wildman–Crippen MR) is 94.0 cm³/mol. The summed E-state index contributed by atoms with van der Waals surface area (Å²) in [5, 5.41) is 6.51. The summed E-state index contributed by atoms with van der Waals surface area (Å²) in [6, 6.07) is 6.56. The molecule has 1 aromatic carbocycles. The van der Waals surface area contributed by atoms with Crippen molar-refractivity contribution in [2.24, 2.45) is 4.99 Å². The van der Waals surface area contributed by atoms with E-state index in [2.05, 4.69) is 27.8 Å². The first-order valence-corrected chi connectivity index (χ1v) is 6.78. The number of halogens is 2. The molecular formula is C15H21FIN3O. The number of nitrogens with one attached hydrogen (secondary N) is 2. The zero-order chi connectivity index (χ0) is 14.2. The SMILES string of the molecule is CN=C(NCCOc1cccc(F)c1)NC1CC=CC1.I. The molecule has 2 rings (SSSR count). The average Bonchev–Trinajstić information content (AvgIpc) is 2.95. The van der Waals surface area contributed by atoms with Crippen LogP contribution in [0.5, 0.6) is 5.75 Å². The van der Waals surface area contributed by atoms with Crippen molar-refractivity contribution in [3.8, 4) is 5.75 Å². The highest BCUT2D eigenvalue weighted by Gasteiger charge is 2.11. The normalized spacial score (nSPS) is 14.7. The van der Waals surface area contributed by atoms with Gasteiger partial charge in [-0.1, -0.05) is 18.2 Å². The van der Waals surface area contributed by atoms with Crippen LogP contribution in [-0.4, -0.2) is 32.2 Å². The van der Waals surface area contributed by atoms with E-state index < -0.39 is 0 Å². The van der Waals surface area contributed by atoms with Gasteiger partial charge in [0.2, 0.25) is 0 Å². The lowest BCUT2D eigenvalue weighted by Gasteiger charge is -2.17. The molecule has 1 aliphatic rings. The number of ether oxygens (including phenoxy) is 1. The van der Waals surface area contributed by atoms with Gasteiger partial charge in [0.05, 0.1) is 6.54 Å². The minimum atomic E-state index is -0.290. The van der Waals surface area contributed by atoms with Gasteiger partial charge in [-0.25, -0.2) is 4.39 Å². The van der Waals surface area contributed by atoms with E-state index in [1.54, 1.807) is 19.2 Å². The molecule has 6 heteroatoms. The van der Waals surface area contributed by atoms with E-state index in [-0.39, 0.29) is 29.8 Å². The Kier molecular flexibility index (Phi) is 8.11. The summed E-state index contributed by atoms with van der Waals surface area (Å²) in [5.41, 5.74) is 0. The molecule has 0 spiro atoms. The number of rotatable bonds is 5. The van der Waals surface area contributed by atoms with Crippen molar-refractivity contribution in [1.82, 2.24) is 10.6 Å². The molecule has 0 saturated heterocycles. The van der Waals surface area contributed by atoms with Gasteiger partial charge in [0, 0.05) is 19.2 Å². The molecule has 0 radical (unpaired) electrons. The summed E-state index contributed by atoms with van der Waals surface area (Å²) in [6.07, 6.45) is 6.39. The highest BCUT2D eigenvalue weighted by Crippen LogP contribution is 2.11. The van der Waals surface area contributed by atoms with E-state index in [0.717, 1.165) is 18.8 Å². The highest BCUT2D eigenvalue weighted by molar-refractivity contribution is 14.0. The number of benzene rings is 1. The molecule has 0 heterocycles. The molecule has 0 bridgehead atoms. The van der Waals surface area contributed by atoms with Crippen LogP contribution >= 0.6 is 24.0 Å². The van der Waals surface area contributed by atoms with Crippen LogP contribution in [0, 0.1) is 5.82 Å². The smallest absolute Gasteiger partial charge is 0.191 e. The summed E-state index contributed by atoms with van der Waals surface area (Å²) < 4.78 is 18.4. The minimum absolute atomic E-state index is 0. The van der Waals surface area contributed by atoms with Gasteiger partial charge in [0.15, 0.2) is 5.96 Å². The fourth-order valence-electron chi connectivity index (χ4n) is 2.02. The Labute approximate surface area is 141 Å². The van der Waals surface area contributed by atoms with Gasteiger partial charge < -0.3 is 15.4 Å². The molecule has 0 aliphatic heterocycles. The fourth-order valence-corrected chi connectivity index (χ4v) is 2.02. The third-order valence-corrected chi connectivity index (χ3v) is 3.03.